The summed E-state index contributed by atoms with van der Waals surface area (Å²) in [5.74, 6) is 0.198. The lowest BCUT2D eigenvalue weighted by molar-refractivity contribution is 0.122. The van der Waals surface area contributed by atoms with Crippen molar-refractivity contribution in [1.82, 2.24) is 9.29 Å². The zero-order chi connectivity index (χ0) is 15.6. The molecule has 1 aliphatic rings. The summed E-state index contributed by atoms with van der Waals surface area (Å²) in [6, 6.07) is 3.81. The molecular weight excluding hydrogens is 288 g/mol. The van der Waals surface area contributed by atoms with Gasteiger partial charge in [0.1, 0.15) is 0 Å². The molecular formula is C15H24N2O3S. The molecule has 2 unspecified atom stereocenters. The van der Waals surface area contributed by atoms with Crippen molar-refractivity contribution in [2.24, 2.45) is 5.92 Å². The molecule has 1 fully saturated rings. The van der Waals surface area contributed by atoms with Gasteiger partial charge in [-0.05, 0) is 45.1 Å². The highest BCUT2D eigenvalue weighted by atomic mass is 32.2. The standard InChI is InChI=1S/C15H24N2O3S/c1-11-6-7-14(12(2)16-11)15(18)9-13-5-4-8-17(10-13)21(3,19)20/h6-7,13,15,18H,4-5,8-10H2,1-3H3. The van der Waals surface area contributed by atoms with Crippen LogP contribution in [0.5, 0.6) is 0 Å². The molecule has 2 atom stereocenters. The van der Waals surface area contributed by atoms with E-state index in [9.17, 15) is 13.5 Å². The van der Waals surface area contributed by atoms with Crippen LogP contribution in [0.15, 0.2) is 12.1 Å². The van der Waals surface area contributed by atoms with Crippen LogP contribution in [0.3, 0.4) is 0 Å². The molecule has 2 rings (SSSR count). The fourth-order valence-electron chi connectivity index (χ4n) is 3.01. The monoisotopic (exact) mass is 312 g/mol. The number of aliphatic hydroxyl groups is 1. The van der Waals surface area contributed by atoms with Crippen molar-refractivity contribution in [3.8, 4) is 0 Å². The molecule has 1 saturated heterocycles. The number of aryl methyl sites for hydroxylation is 2. The van der Waals surface area contributed by atoms with E-state index in [4.69, 9.17) is 0 Å². The molecule has 6 heteroatoms. The van der Waals surface area contributed by atoms with E-state index < -0.39 is 16.1 Å². The van der Waals surface area contributed by atoms with Crippen molar-refractivity contribution < 1.29 is 13.5 Å². The summed E-state index contributed by atoms with van der Waals surface area (Å²) < 4.78 is 24.8. The van der Waals surface area contributed by atoms with E-state index >= 15 is 0 Å². The highest BCUT2D eigenvalue weighted by molar-refractivity contribution is 7.88. The van der Waals surface area contributed by atoms with Crippen molar-refractivity contribution in [1.29, 1.82) is 0 Å². The first kappa shape index (κ1) is 16.4. The van der Waals surface area contributed by atoms with Crippen molar-refractivity contribution in [2.75, 3.05) is 19.3 Å². The van der Waals surface area contributed by atoms with Gasteiger partial charge in [-0.15, -0.1) is 0 Å². The summed E-state index contributed by atoms with van der Waals surface area (Å²) >= 11 is 0. The largest absolute Gasteiger partial charge is 0.388 e. The Bertz CT molecular complexity index is 601. The molecule has 5 nitrogen and oxygen atoms in total. The molecule has 0 bridgehead atoms. The summed E-state index contributed by atoms with van der Waals surface area (Å²) in [6.45, 7) is 4.92. The molecule has 118 valence electrons. The molecule has 0 radical (unpaired) electrons. The SMILES string of the molecule is Cc1ccc(C(O)CC2CCCN(S(C)(=O)=O)C2)c(C)n1. The Morgan fingerprint density at radius 3 is 2.76 bits per heavy atom. The van der Waals surface area contributed by atoms with Crippen LogP contribution < -0.4 is 0 Å². The minimum Gasteiger partial charge on any atom is -0.388 e. The molecule has 0 aliphatic carbocycles. The van der Waals surface area contributed by atoms with Gasteiger partial charge in [-0.1, -0.05) is 6.07 Å². The van der Waals surface area contributed by atoms with Gasteiger partial charge >= 0.3 is 0 Å². The number of rotatable bonds is 4. The van der Waals surface area contributed by atoms with Gasteiger partial charge in [0.05, 0.1) is 12.4 Å². The topological polar surface area (TPSA) is 70.5 Å². The Morgan fingerprint density at radius 1 is 1.43 bits per heavy atom. The van der Waals surface area contributed by atoms with Crippen molar-refractivity contribution in [3.05, 3.63) is 29.1 Å². The van der Waals surface area contributed by atoms with E-state index in [-0.39, 0.29) is 5.92 Å². The maximum atomic E-state index is 11.6. The summed E-state index contributed by atoms with van der Waals surface area (Å²) in [5, 5.41) is 10.4. The predicted octanol–water partition coefficient (Wildman–Crippen LogP) is 1.79. The van der Waals surface area contributed by atoms with Crippen LogP contribution in [-0.2, 0) is 10.0 Å². The maximum Gasteiger partial charge on any atom is 0.211 e. The summed E-state index contributed by atoms with van der Waals surface area (Å²) in [7, 11) is -3.13. The van der Waals surface area contributed by atoms with Gasteiger partial charge in [0.15, 0.2) is 0 Å². The molecule has 0 saturated carbocycles. The number of pyridine rings is 1. The van der Waals surface area contributed by atoms with E-state index in [1.165, 1.54) is 10.6 Å². The second-order valence-corrected chi connectivity index (χ2v) is 7.99. The molecule has 2 heterocycles. The summed E-state index contributed by atoms with van der Waals surface area (Å²) in [5.41, 5.74) is 2.62. The van der Waals surface area contributed by atoms with Gasteiger partial charge in [-0.3, -0.25) is 4.98 Å². The highest BCUT2D eigenvalue weighted by Gasteiger charge is 2.28. The van der Waals surface area contributed by atoms with Gasteiger partial charge < -0.3 is 5.11 Å². The number of sulfonamides is 1. The predicted molar refractivity (Wildman–Crippen MR) is 82.4 cm³/mol. The van der Waals surface area contributed by atoms with Crippen LogP contribution in [0.4, 0.5) is 0 Å². The normalized spacial score (nSPS) is 22.2. The van der Waals surface area contributed by atoms with Crippen LogP contribution in [-0.4, -0.2) is 42.2 Å². The lowest BCUT2D eigenvalue weighted by Gasteiger charge is -2.32. The fourth-order valence-corrected chi connectivity index (χ4v) is 3.96. The minimum absolute atomic E-state index is 0.198. The Hall–Kier alpha value is -0.980. The third-order valence-corrected chi connectivity index (χ3v) is 5.40. The van der Waals surface area contributed by atoms with Gasteiger partial charge in [0.2, 0.25) is 10.0 Å². The molecule has 0 aromatic carbocycles. The first-order valence-corrected chi connectivity index (χ1v) is 9.19. The third-order valence-electron chi connectivity index (χ3n) is 4.13. The Balaban J connectivity index is 2.03. The smallest absolute Gasteiger partial charge is 0.211 e. The number of piperidine rings is 1. The van der Waals surface area contributed by atoms with Crippen molar-refractivity contribution >= 4 is 10.0 Å². The highest BCUT2D eigenvalue weighted by Crippen LogP contribution is 2.29. The average Bonchev–Trinajstić information content (AvgIpc) is 2.37. The maximum absolute atomic E-state index is 11.6. The first-order valence-electron chi connectivity index (χ1n) is 7.34. The van der Waals surface area contributed by atoms with E-state index in [2.05, 4.69) is 4.98 Å². The van der Waals surface area contributed by atoms with E-state index in [0.29, 0.717) is 19.5 Å². The van der Waals surface area contributed by atoms with Crippen LogP contribution in [0.25, 0.3) is 0 Å². The van der Waals surface area contributed by atoms with Crippen molar-refractivity contribution in [2.45, 2.75) is 39.2 Å². The molecule has 0 spiro atoms. The number of aromatic nitrogens is 1. The van der Waals surface area contributed by atoms with E-state index in [0.717, 1.165) is 29.8 Å². The first-order chi connectivity index (χ1) is 9.77. The van der Waals surface area contributed by atoms with Crippen LogP contribution in [0.2, 0.25) is 0 Å². The van der Waals surface area contributed by atoms with Gasteiger partial charge in [0.25, 0.3) is 0 Å². The Morgan fingerprint density at radius 2 is 2.14 bits per heavy atom. The number of hydrogen-bond donors (Lipinski definition) is 1. The zero-order valence-electron chi connectivity index (χ0n) is 12.9. The fraction of sp³-hybridized carbons (Fsp3) is 0.667. The number of nitrogens with zero attached hydrogens (tertiary/aromatic N) is 2. The summed E-state index contributed by atoms with van der Waals surface area (Å²) in [4.78, 5) is 4.38. The second kappa shape index (κ2) is 6.42. The molecule has 21 heavy (non-hydrogen) atoms. The van der Waals surface area contributed by atoms with Gasteiger partial charge in [-0.2, -0.15) is 0 Å². The molecule has 1 N–H and O–H groups in total. The molecule has 1 aliphatic heterocycles. The van der Waals surface area contributed by atoms with Crippen LogP contribution >= 0.6 is 0 Å². The van der Waals surface area contributed by atoms with E-state index in [1.807, 2.05) is 26.0 Å². The van der Waals surface area contributed by atoms with Gasteiger partial charge in [0, 0.05) is 30.0 Å². The van der Waals surface area contributed by atoms with Gasteiger partial charge in [-0.25, -0.2) is 12.7 Å². The van der Waals surface area contributed by atoms with Crippen LogP contribution in [0.1, 0.15) is 42.3 Å². The van der Waals surface area contributed by atoms with Crippen LogP contribution in [0, 0.1) is 19.8 Å². The quantitative estimate of drug-likeness (QED) is 0.920. The second-order valence-electron chi connectivity index (χ2n) is 6.01. The lowest BCUT2D eigenvalue weighted by Crippen LogP contribution is -2.39. The van der Waals surface area contributed by atoms with E-state index in [1.54, 1.807) is 0 Å². The third kappa shape index (κ3) is 4.25. The molecule has 1 aromatic rings. The number of hydrogen-bond acceptors (Lipinski definition) is 4. The lowest BCUT2D eigenvalue weighted by atomic mass is 9.90. The van der Waals surface area contributed by atoms with Crippen molar-refractivity contribution in [3.63, 3.8) is 0 Å². The Labute approximate surface area is 127 Å². The minimum atomic E-state index is -3.13. The summed E-state index contributed by atoms with van der Waals surface area (Å²) in [6.07, 6.45) is 3.07. The zero-order valence-corrected chi connectivity index (χ0v) is 13.7. The molecule has 1 aromatic heterocycles. The Kier molecular flexibility index (Phi) is 5.01. The average molecular weight is 312 g/mol. The molecule has 0 amide bonds. The number of aliphatic hydroxyl groups excluding tert-OH is 1.